The molecule has 3 unspecified atom stereocenters. The van der Waals surface area contributed by atoms with Crippen molar-refractivity contribution in [2.75, 3.05) is 40.5 Å². The molecule has 0 bridgehead atoms. The van der Waals surface area contributed by atoms with Crippen molar-refractivity contribution in [1.82, 2.24) is 14.5 Å². The zero-order valence-corrected chi connectivity index (χ0v) is 36.6. The Kier molecular flexibility index (Phi) is 13.9. The lowest BCUT2D eigenvalue weighted by molar-refractivity contribution is -0.136. The molecule has 1 saturated heterocycles. The Labute approximate surface area is 360 Å². The number of methoxy groups -OCH3 is 2. The molecular formula is C48H55N4O8P. The van der Waals surface area contributed by atoms with E-state index in [1.165, 1.54) is 4.90 Å². The van der Waals surface area contributed by atoms with E-state index in [1.54, 1.807) is 38.5 Å². The van der Waals surface area contributed by atoms with Gasteiger partial charge in [-0.3, -0.25) is 19.3 Å². The van der Waals surface area contributed by atoms with E-state index in [1.807, 2.05) is 83.8 Å². The van der Waals surface area contributed by atoms with Crippen LogP contribution in [0.15, 0.2) is 103 Å². The number of benzene rings is 4. The van der Waals surface area contributed by atoms with Crippen LogP contribution in [0.3, 0.4) is 0 Å². The monoisotopic (exact) mass is 846 g/mol. The molecule has 3 amide bonds. The highest BCUT2D eigenvalue weighted by atomic mass is 31.2. The van der Waals surface area contributed by atoms with Gasteiger partial charge in [0.2, 0.25) is 5.91 Å². The van der Waals surface area contributed by atoms with Gasteiger partial charge in [0.25, 0.3) is 20.3 Å². The zero-order valence-electron chi connectivity index (χ0n) is 35.7. The summed E-state index contributed by atoms with van der Waals surface area (Å²) >= 11 is 0. The van der Waals surface area contributed by atoms with Crippen LogP contribution < -0.4 is 9.47 Å². The predicted molar refractivity (Wildman–Crippen MR) is 232 cm³/mol. The van der Waals surface area contributed by atoms with Gasteiger partial charge in [0.1, 0.15) is 17.1 Å². The number of likely N-dealkylation sites (tertiary alicyclic amines) is 1. The van der Waals surface area contributed by atoms with Gasteiger partial charge in [0.05, 0.1) is 63.2 Å². The highest BCUT2D eigenvalue weighted by Crippen LogP contribution is 2.50. The molecule has 7 rings (SSSR count). The number of hydrogen-bond acceptors (Lipinski definition) is 10. The molecule has 5 atom stereocenters. The predicted octanol–water partition coefficient (Wildman–Crippen LogP) is 8.21. The first-order valence-corrected chi connectivity index (χ1v) is 22.1. The fraction of sp³-hybridized carbons (Fsp3) is 0.417. The molecule has 0 N–H and O–H groups in total. The lowest BCUT2D eigenvalue weighted by atomic mass is 9.80. The second-order valence-electron chi connectivity index (χ2n) is 16.3. The molecule has 3 aliphatic rings. The molecule has 1 saturated carbocycles. The maximum absolute atomic E-state index is 14.8. The van der Waals surface area contributed by atoms with Crippen LogP contribution in [-0.4, -0.2) is 96.9 Å². The molecule has 12 nitrogen and oxygen atoms in total. The largest absolute Gasteiger partial charge is 0.497 e. The van der Waals surface area contributed by atoms with E-state index in [0.717, 1.165) is 16.7 Å². The van der Waals surface area contributed by atoms with E-state index in [0.29, 0.717) is 42.0 Å². The van der Waals surface area contributed by atoms with Gasteiger partial charge < -0.3 is 28.2 Å². The minimum Gasteiger partial charge on any atom is -0.497 e. The van der Waals surface area contributed by atoms with Gasteiger partial charge in [-0.1, -0.05) is 66.7 Å². The van der Waals surface area contributed by atoms with E-state index in [4.69, 9.17) is 23.3 Å². The van der Waals surface area contributed by atoms with Crippen molar-refractivity contribution in [3.63, 3.8) is 0 Å². The number of amides is 3. The smallest absolute Gasteiger partial charge is 0.261 e. The number of carbonyl (C=O) groups is 3. The molecule has 2 aliphatic heterocycles. The minimum atomic E-state index is -1.59. The van der Waals surface area contributed by atoms with E-state index in [-0.39, 0.29) is 67.8 Å². The molecule has 320 valence electrons. The van der Waals surface area contributed by atoms with Gasteiger partial charge in [-0.15, -0.1) is 0 Å². The first-order valence-electron chi connectivity index (χ1n) is 21.0. The second-order valence-corrected chi connectivity index (χ2v) is 17.7. The number of rotatable bonds is 19. The maximum Gasteiger partial charge on any atom is 0.261 e. The molecule has 61 heavy (non-hydrogen) atoms. The molecule has 1 aliphatic carbocycles. The van der Waals surface area contributed by atoms with Crippen molar-refractivity contribution < 1.29 is 37.6 Å². The molecule has 13 heteroatoms. The van der Waals surface area contributed by atoms with E-state index < -0.39 is 26.3 Å². The highest BCUT2D eigenvalue weighted by molar-refractivity contribution is 7.44. The quantitative estimate of drug-likeness (QED) is 0.0394. The average Bonchev–Trinajstić information content (AvgIpc) is 3.87. The van der Waals surface area contributed by atoms with Crippen molar-refractivity contribution in [3.05, 3.63) is 131 Å². The molecule has 4 aromatic carbocycles. The Morgan fingerprint density at radius 3 is 1.87 bits per heavy atom. The fourth-order valence-corrected chi connectivity index (χ4v) is 10.4. The number of fused-ring (bicyclic) bond motifs is 1. The lowest BCUT2D eigenvalue weighted by Gasteiger charge is -2.38. The number of carbonyl (C=O) groups excluding carboxylic acids is 3. The van der Waals surface area contributed by atoms with Crippen LogP contribution in [0.4, 0.5) is 0 Å². The van der Waals surface area contributed by atoms with Gasteiger partial charge in [-0.05, 0) is 99.5 Å². The number of nitrogens with zero attached hydrogens (tertiary/aromatic N) is 4. The third-order valence-electron chi connectivity index (χ3n) is 11.8. The van der Waals surface area contributed by atoms with E-state index in [9.17, 15) is 19.6 Å². The normalized spacial score (nSPS) is 20.3. The number of nitriles is 1. The molecule has 2 heterocycles. The Hall–Kier alpha value is -5.15. The summed E-state index contributed by atoms with van der Waals surface area (Å²) in [7, 11) is 1.68. The van der Waals surface area contributed by atoms with Crippen molar-refractivity contribution in [1.29, 1.82) is 5.26 Å². The Balaban J connectivity index is 1.21. The Morgan fingerprint density at radius 2 is 1.34 bits per heavy atom. The minimum absolute atomic E-state index is 0.0557. The molecule has 4 aromatic rings. The fourth-order valence-electron chi connectivity index (χ4n) is 8.70. The number of hydrogen-bond donors (Lipinski definition) is 0. The summed E-state index contributed by atoms with van der Waals surface area (Å²) < 4.78 is 33.8. The zero-order chi connectivity index (χ0) is 43.3. The molecule has 0 aromatic heterocycles. The van der Waals surface area contributed by atoms with Crippen LogP contribution in [0.2, 0.25) is 0 Å². The Morgan fingerprint density at radius 1 is 0.803 bits per heavy atom. The standard InChI is InChI=1S/C48H55N4O8P/c1-32(2)52(33(3)4)61(59-26-12-25-49)60-41-28-38(50(30-41)47(55)44-27-34(44)29-51-45(53)42-15-10-11-16-43(42)46(51)54)31-58-48(35-13-8-7-9-14-35,36-17-21-39(56-5)22-18-36)37-19-23-40(57-6)24-20-37/h7-11,13-24,32-34,38,41,44H,12,26-31H2,1-6H3/t34?,38-,41+,44?,61?/m0/s1. The second kappa shape index (κ2) is 19.3. The van der Waals surface area contributed by atoms with Crippen molar-refractivity contribution in [2.24, 2.45) is 11.8 Å². The molecule has 0 spiro atoms. The highest BCUT2D eigenvalue weighted by Gasteiger charge is 2.52. The van der Waals surface area contributed by atoms with Gasteiger partial charge in [-0.2, -0.15) is 5.26 Å². The molecular weight excluding hydrogens is 792 g/mol. The van der Waals surface area contributed by atoms with Gasteiger partial charge in [0.15, 0.2) is 0 Å². The molecule has 2 fully saturated rings. The van der Waals surface area contributed by atoms with Crippen LogP contribution in [-0.2, 0) is 24.2 Å². The van der Waals surface area contributed by atoms with Crippen LogP contribution >= 0.6 is 8.53 Å². The topological polar surface area (TPSA) is 131 Å². The number of imide groups is 1. The van der Waals surface area contributed by atoms with Crippen molar-refractivity contribution in [3.8, 4) is 17.6 Å². The summed E-state index contributed by atoms with van der Waals surface area (Å²) in [5.74, 6) is 0.180. The summed E-state index contributed by atoms with van der Waals surface area (Å²) in [5.41, 5.74) is 2.32. The molecule has 0 radical (unpaired) electrons. The van der Waals surface area contributed by atoms with Gasteiger partial charge >= 0.3 is 0 Å². The summed E-state index contributed by atoms with van der Waals surface area (Å²) in [6.07, 6.45) is 0.868. The Bertz CT molecular complexity index is 2110. The first kappa shape index (κ1) is 43.9. The average molecular weight is 847 g/mol. The summed E-state index contributed by atoms with van der Waals surface area (Å²) in [5, 5.41) is 9.33. The third-order valence-corrected chi connectivity index (χ3v) is 13.9. The summed E-state index contributed by atoms with van der Waals surface area (Å²) in [6, 6.07) is 34.5. The first-order chi connectivity index (χ1) is 29.5. The van der Waals surface area contributed by atoms with Crippen LogP contribution in [0, 0.1) is 23.2 Å². The van der Waals surface area contributed by atoms with Crippen LogP contribution in [0.1, 0.15) is 84.4 Å². The third kappa shape index (κ3) is 9.23. The SMILES string of the molecule is COc1ccc(C(OC[C@@H]2C[C@@H](OP(OCCC#N)N(C(C)C)C(C)C)CN2C(=O)C2CC2CN2C(=O)c3ccccc3C2=O)(c2ccccc2)c2ccc(OC)cc2)cc1. The van der Waals surface area contributed by atoms with E-state index in [2.05, 4.69) is 38.4 Å². The number of ether oxygens (including phenoxy) is 3. The van der Waals surface area contributed by atoms with Gasteiger partial charge in [-0.25, -0.2) is 4.67 Å². The summed E-state index contributed by atoms with van der Waals surface area (Å²) in [6.45, 7) is 9.24. The summed E-state index contributed by atoms with van der Waals surface area (Å²) in [4.78, 5) is 44.5. The van der Waals surface area contributed by atoms with Crippen molar-refractivity contribution in [2.45, 2.75) is 76.8 Å². The van der Waals surface area contributed by atoms with E-state index >= 15 is 0 Å². The van der Waals surface area contributed by atoms with Crippen LogP contribution in [0.25, 0.3) is 0 Å². The van der Waals surface area contributed by atoms with Crippen molar-refractivity contribution >= 4 is 26.2 Å². The lowest BCUT2D eigenvalue weighted by Crippen LogP contribution is -2.43. The maximum atomic E-state index is 14.8. The van der Waals surface area contributed by atoms with Gasteiger partial charge in [0, 0.05) is 31.1 Å². The van der Waals surface area contributed by atoms with Crippen LogP contribution in [0.5, 0.6) is 11.5 Å².